The third-order valence-electron chi connectivity index (χ3n) is 4.87. The average Bonchev–Trinajstić information content (AvgIpc) is 2.86. The third-order valence-corrected chi connectivity index (χ3v) is 4.87. The van der Waals surface area contributed by atoms with Crippen molar-refractivity contribution in [2.75, 3.05) is 26.2 Å². The number of piperidine rings is 1. The van der Waals surface area contributed by atoms with Crippen LogP contribution in [0.2, 0.25) is 0 Å². The highest BCUT2D eigenvalue weighted by molar-refractivity contribution is 5.94. The zero-order valence-corrected chi connectivity index (χ0v) is 13.5. The summed E-state index contributed by atoms with van der Waals surface area (Å²) < 4.78 is 0. The van der Waals surface area contributed by atoms with E-state index < -0.39 is 0 Å². The van der Waals surface area contributed by atoms with Gasteiger partial charge in [-0.25, -0.2) is 0 Å². The van der Waals surface area contributed by atoms with Crippen molar-refractivity contribution >= 4 is 11.8 Å². The lowest BCUT2D eigenvalue weighted by Crippen LogP contribution is -2.59. The molecule has 0 unspecified atom stereocenters. The monoisotopic (exact) mass is 313 g/mol. The first-order valence-electron chi connectivity index (χ1n) is 8.08. The number of nitrogens with one attached hydrogen (secondary N) is 1. The minimum absolute atomic E-state index is 0.0689. The van der Waals surface area contributed by atoms with Crippen LogP contribution in [0.1, 0.15) is 28.8 Å². The summed E-state index contributed by atoms with van der Waals surface area (Å²) in [5.74, 6) is 0.183. The van der Waals surface area contributed by atoms with Gasteiger partial charge in [-0.05, 0) is 19.1 Å². The highest BCUT2D eigenvalue weighted by Crippen LogP contribution is 2.30. The Hall–Kier alpha value is -2.14. The van der Waals surface area contributed by atoms with E-state index in [0.717, 1.165) is 24.0 Å². The van der Waals surface area contributed by atoms with Crippen LogP contribution >= 0.6 is 0 Å². The second kappa shape index (κ2) is 6.16. The fraction of sp³-hybridized carbons (Fsp3) is 0.444. The van der Waals surface area contributed by atoms with Gasteiger partial charge in [0.2, 0.25) is 5.91 Å². The Morgan fingerprint density at radius 2 is 1.96 bits per heavy atom. The van der Waals surface area contributed by atoms with Crippen LogP contribution in [0.25, 0.3) is 0 Å². The molecule has 1 aromatic rings. The standard InChI is InChI=1S/C18H23N3O2/c1-3-10-21-16(22)13-19-18(21)8-11-20(12-9-18)17(23)15-6-4-14(2)5-7-15/h3-7,19H,1,8-13H2,2H3. The Morgan fingerprint density at radius 1 is 1.30 bits per heavy atom. The molecule has 23 heavy (non-hydrogen) atoms. The highest BCUT2D eigenvalue weighted by Gasteiger charge is 2.46. The van der Waals surface area contributed by atoms with E-state index >= 15 is 0 Å². The van der Waals surface area contributed by atoms with Gasteiger partial charge >= 0.3 is 0 Å². The maximum absolute atomic E-state index is 12.6. The van der Waals surface area contributed by atoms with Gasteiger partial charge in [-0.3, -0.25) is 14.9 Å². The van der Waals surface area contributed by atoms with Crippen molar-refractivity contribution in [1.82, 2.24) is 15.1 Å². The molecular formula is C18H23N3O2. The molecule has 2 fully saturated rings. The van der Waals surface area contributed by atoms with E-state index in [1.165, 1.54) is 0 Å². The van der Waals surface area contributed by atoms with Crippen LogP contribution in [-0.2, 0) is 4.79 Å². The molecule has 2 heterocycles. The largest absolute Gasteiger partial charge is 0.338 e. The van der Waals surface area contributed by atoms with Gasteiger partial charge in [-0.2, -0.15) is 0 Å². The number of aryl methyl sites for hydroxylation is 1. The highest BCUT2D eigenvalue weighted by atomic mass is 16.2. The minimum Gasteiger partial charge on any atom is -0.338 e. The first-order valence-corrected chi connectivity index (χ1v) is 8.08. The molecule has 122 valence electrons. The quantitative estimate of drug-likeness (QED) is 0.861. The van der Waals surface area contributed by atoms with E-state index in [9.17, 15) is 9.59 Å². The maximum Gasteiger partial charge on any atom is 0.253 e. The molecule has 0 aromatic heterocycles. The fourth-order valence-electron chi connectivity index (χ4n) is 3.48. The molecule has 0 saturated carbocycles. The maximum atomic E-state index is 12.6. The summed E-state index contributed by atoms with van der Waals surface area (Å²) in [6.07, 6.45) is 3.27. The Labute approximate surface area is 137 Å². The lowest BCUT2D eigenvalue weighted by atomic mass is 9.95. The molecule has 0 radical (unpaired) electrons. The third kappa shape index (κ3) is 2.88. The predicted octanol–water partition coefficient (Wildman–Crippen LogP) is 1.55. The van der Waals surface area contributed by atoms with Crippen LogP contribution in [-0.4, -0.2) is 53.5 Å². The van der Waals surface area contributed by atoms with Gasteiger partial charge in [0.05, 0.1) is 12.2 Å². The summed E-state index contributed by atoms with van der Waals surface area (Å²) in [5.41, 5.74) is 1.56. The molecule has 5 nitrogen and oxygen atoms in total. The summed E-state index contributed by atoms with van der Waals surface area (Å²) in [5, 5.41) is 3.35. The zero-order chi connectivity index (χ0) is 16.4. The number of hydrogen-bond acceptors (Lipinski definition) is 3. The summed E-state index contributed by atoms with van der Waals surface area (Å²) in [4.78, 5) is 28.4. The van der Waals surface area contributed by atoms with E-state index in [2.05, 4.69) is 11.9 Å². The number of carbonyl (C=O) groups excluding carboxylic acids is 2. The molecule has 0 bridgehead atoms. The number of carbonyl (C=O) groups is 2. The molecule has 1 N–H and O–H groups in total. The summed E-state index contributed by atoms with van der Waals surface area (Å²) in [6, 6.07) is 7.68. The van der Waals surface area contributed by atoms with Gasteiger partial charge in [0.25, 0.3) is 5.91 Å². The van der Waals surface area contributed by atoms with Crippen LogP contribution < -0.4 is 5.32 Å². The first kappa shape index (κ1) is 15.7. The molecule has 1 aromatic carbocycles. The predicted molar refractivity (Wildman–Crippen MR) is 89.0 cm³/mol. The topological polar surface area (TPSA) is 52.7 Å². The Morgan fingerprint density at radius 3 is 2.57 bits per heavy atom. The minimum atomic E-state index is -0.310. The Bertz CT molecular complexity index is 616. The van der Waals surface area contributed by atoms with Crippen molar-refractivity contribution in [2.45, 2.75) is 25.4 Å². The number of nitrogens with zero attached hydrogens (tertiary/aromatic N) is 2. The van der Waals surface area contributed by atoms with Gasteiger partial charge in [-0.15, -0.1) is 6.58 Å². The second-order valence-corrected chi connectivity index (χ2v) is 6.34. The number of rotatable bonds is 3. The van der Waals surface area contributed by atoms with Crippen molar-refractivity contribution in [3.63, 3.8) is 0 Å². The van der Waals surface area contributed by atoms with Crippen LogP contribution in [0.15, 0.2) is 36.9 Å². The summed E-state index contributed by atoms with van der Waals surface area (Å²) in [6.45, 7) is 7.99. The van der Waals surface area contributed by atoms with Crippen LogP contribution in [0.5, 0.6) is 0 Å². The van der Waals surface area contributed by atoms with Crippen molar-refractivity contribution in [2.24, 2.45) is 0 Å². The van der Waals surface area contributed by atoms with Crippen molar-refractivity contribution in [1.29, 1.82) is 0 Å². The molecule has 1 spiro atoms. The van der Waals surface area contributed by atoms with Gasteiger partial charge in [0.15, 0.2) is 0 Å². The van der Waals surface area contributed by atoms with Gasteiger partial charge in [0.1, 0.15) is 0 Å². The molecule has 0 atom stereocenters. The number of benzene rings is 1. The number of likely N-dealkylation sites (tertiary alicyclic amines) is 1. The number of hydrogen-bond donors (Lipinski definition) is 1. The van der Waals surface area contributed by atoms with E-state index in [0.29, 0.717) is 26.2 Å². The molecular weight excluding hydrogens is 290 g/mol. The smallest absolute Gasteiger partial charge is 0.253 e. The van der Waals surface area contributed by atoms with Crippen molar-refractivity contribution in [3.8, 4) is 0 Å². The molecule has 0 aliphatic carbocycles. The second-order valence-electron chi connectivity index (χ2n) is 6.34. The molecule has 2 saturated heterocycles. The summed E-state index contributed by atoms with van der Waals surface area (Å²) >= 11 is 0. The molecule has 2 aliphatic rings. The van der Waals surface area contributed by atoms with Crippen LogP contribution in [0.3, 0.4) is 0 Å². The number of amides is 2. The first-order chi connectivity index (χ1) is 11.1. The molecule has 3 rings (SSSR count). The lowest BCUT2D eigenvalue weighted by Gasteiger charge is -2.44. The normalized spacial score (nSPS) is 20.1. The lowest BCUT2D eigenvalue weighted by molar-refractivity contribution is -0.130. The molecule has 2 aliphatic heterocycles. The van der Waals surface area contributed by atoms with Gasteiger partial charge in [-0.1, -0.05) is 23.8 Å². The fourth-order valence-corrected chi connectivity index (χ4v) is 3.48. The van der Waals surface area contributed by atoms with Gasteiger partial charge < -0.3 is 9.80 Å². The Balaban J connectivity index is 1.68. The van der Waals surface area contributed by atoms with Crippen molar-refractivity contribution < 1.29 is 9.59 Å². The molecule has 5 heteroatoms. The van der Waals surface area contributed by atoms with Crippen LogP contribution in [0, 0.1) is 6.92 Å². The van der Waals surface area contributed by atoms with Crippen molar-refractivity contribution in [3.05, 3.63) is 48.0 Å². The van der Waals surface area contributed by atoms with E-state index in [1.807, 2.05) is 41.0 Å². The Kier molecular flexibility index (Phi) is 4.22. The van der Waals surface area contributed by atoms with Crippen LogP contribution in [0.4, 0.5) is 0 Å². The van der Waals surface area contributed by atoms with E-state index in [1.54, 1.807) is 6.08 Å². The molecule has 2 amide bonds. The van der Waals surface area contributed by atoms with E-state index in [-0.39, 0.29) is 17.5 Å². The summed E-state index contributed by atoms with van der Waals surface area (Å²) in [7, 11) is 0. The SMILES string of the molecule is C=CCN1C(=O)CNC12CCN(C(=O)c1ccc(C)cc1)CC2. The van der Waals surface area contributed by atoms with E-state index in [4.69, 9.17) is 0 Å². The van der Waals surface area contributed by atoms with Gasteiger partial charge in [0, 0.05) is 38.0 Å². The average molecular weight is 313 g/mol. The zero-order valence-electron chi connectivity index (χ0n) is 13.5.